The van der Waals surface area contributed by atoms with Crippen molar-refractivity contribution in [3.05, 3.63) is 27.7 Å². The fourth-order valence-electron chi connectivity index (χ4n) is 2.03. The first-order valence-corrected chi connectivity index (χ1v) is 6.04. The van der Waals surface area contributed by atoms with E-state index >= 15 is 0 Å². The fourth-order valence-corrected chi connectivity index (χ4v) is 2.61. The minimum Gasteiger partial charge on any atom is -0.480 e. The van der Waals surface area contributed by atoms with E-state index in [9.17, 15) is 14.4 Å². The molecule has 1 aliphatic heterocycles. The van der Waals surface area contributed by atoms with E-state index in [2.05, 4.69) is 15.9 Å². The Bertz CT molecular complexity index is 582. The van der Waals surface area contributed by atoms with E-state index < -0.39 is 23.7 Å². The third kappa shape index (κ3) is 1.73. The molecule has 1 aromatic rings. The topological polar surface area (TPSA) is 74.7 Å². The summed E-state index contributed by atoms with van der Waals surface area (Å²) < 4.78 is 0.685. The lowest BCUT2D eigenvalue weighted by atomic mass is 10.1. The number of Topliss-reactive ketones (excluding diaryl/α,β-unsaturated/α-hetero) is 1. The number of fused-ring (bicyclic) bond motifs is 1. The van der Waals surface area contributed by atoms with Gasteiger partial charge < -0.3 is 5.11 Å². The monoisotopic (exact) mass is 311 g/mol. The smallest absolute Gasteiger partial charge is 0.326 e. The van der Waals surface area contributed by atoms with Crippen LogP contribution < -0.4 is 4.90 Å². The normalized spacial score (nSPS) is 15.8. The van der Waals surface area contributed by atoms with Crippen molar-refractivity contribution in [2.45, 2.75) is 19.9 Å². The van der Waals surface area contributed by atoms with Gasteiger partial charge >= 0.3 is 5.97 Å². The molecule has 2 rings (SSSR count). The Labute approximate surface area is 112 Å². The Morgan fingerprint density at radius 2 is 2.00 bits per heavy atom. The molecule has 0 saturated heterocycles. The first kappa shape index (κ1) is 12.8. The molecule has 6 heteroatoms. The van der Waals surface area contributed by atoms with Gasteiger partial charge in [-0.1, -0.05) is 15.9 Å². The predicted octanol–water partition coefficient (Wildman–Crippen LogP) is 1.76. The van der Waals surface area contributed by atoms with Crippen molar-refractivity contribution in [3.8, 4) is 0 Å². The number of carbonyl (C=O) groups is 3. The maximum Gasteiger partial charge on any atom is 0.326 e. The number of amides is 1. The van der Waals surface area contributed by atoms with Crippen LogP contribution in [0.4, 0.5) is 5.69 Å². The van der Waals surface area contributed by atoms with Gasteiger partial charge in [-0.3, -0.25) is 14.5 Å². The number of ketones is 1. The number of halogens is 1. The van der Waals surface area contributed by atoms with E-state index in [0.717, 1.165) is 4.90 Å². The molecular formula is C12H10BrNO4. The van der Waals surface area contributed by atoms with Crippen molar-refractivity contribution < 1.29 is 19.5 Å². The number of aliphatic carboxylic acids is 1. The number of carbonyl (C=O) groups excluding carboxylic acids is 2. The number of carboxylic acids is 1. The van der Waals surface area contributed by atoms with Gasteiger partial charge in [0.1, 0.15) is 6.04 Å². The molecule has 1 N–H and O–H groups in total. The number of carboxylic acid groups (broad SMARTS) is 1. The zero-order valence-electron chi connectivity index (χ0n) is 9.73. The van der Waals surface area contributed by atoms with Crippen LogP contribution in [-0.2, 0) is 9.59 Å². The number of hydrogen-bond acceptors (Lipinski definition) is 3. The van der Waals surface area contributed by atoms with E-state index in [1.807, 2.05) is 0 Å². The minimum atomic E-state index is -1.15. The van der Waals surface area contributed by atoms with Gasteiger partial charge in [0.2, 0.25) is 0 Å². The molecule has 0 aliphatic carbocycles. The molecule has 1 amide bonds. The first-order chi connectivity index (χ1) is 8.34. The Morgan fingerprint density at radius 1 is 1.39 bits per heavy atom. The van der Waals surface area contributed by atoms with Gasteiger partial charge in [-0.15, -0.1) is 0 Å². The summed E-state index contributed by atoms with van der Waals surface area (Å²) in [6, 6.07) is 2.21. The summed E-state index contributed by atoms with van der Waals surface area (Å²) in [7, 11) is 0. The molecule has 0 spiro atoms. The number of aryl methyl sites for hydroxylation is 1. The van der Waals surface area contributed by atoms with Crippen LogP contribution in [0.15, 0.2) is 16.6 Å². The van der Waals surface area contributed by atoms with Crippen LogP contribution in [0.5, 0.6) is 0 Å². The summed E-state index contributed by atoms with van der Waals surface area (Å²) in [5.74, 6) is -2.60. The minimum absolute atomic E-state index is 0.250. The summed E-state index contributed by atoms with van der Waals surface area (Å²) >= 11 is 3.25. The molecule has 1 unspecified atom stereocenters. The van der Waals surface area contributed by atoms with Gasteiger partial charge in [-0.05, 0) is 31.5 Å². The lowest BCUT2D eigenvalue weighted by molar-refractivity contribution is -0.139. The largest absolute Gasteiger partial charge is 0.480 e. The van der Waals surface area contributed by atoms with Crippen molar-refractivity contribution >= 4 is 39.3 Å². The fraction of sp³-hybridized carbons (Fsp3) is 0.250. The average Bonchev–Trinajstić information content (AvgIpc) is 2.52. The molecule has 0 fully saturated rings. The van der Waals surface area contributed by atoms with Crippen LogP contribution in [0.25, 0.3) is 0 Å². The molecular weight excluding hydrogens is 302 g/mol. The summed E-state index contributed by atoms with van der Waals surface area (Å²) in [4.78, 5) is 35.8. The zero-order valence-corrected chi connectivity index (χ0v) is 11.3. The number of benzene rings is 1. The molecule has 1 heterocycles. The van der Waals surface area contributed by atoms with Crippen LogP contribution in [0.3, 0.4) is 0 Å². The molecule has 5 nitrogen and oxygen atoms in total. The highest BCUT2D eigenvalue weighted by molar-refractivity contribution is 9.10. The molecule has 1 aliphatic rings. The van der Waals surface area contributed by atoms with Gasteiger partial charge in [0.25, 0.3) is 11.7 Å². The lowest BCUT2D eigenvalue weighted by Gasteiger charge is -2.22. The van der Waals surface area contributed by atoms with Gasteiger partial charge in [0.05, 0.1) is 11.3 Å². The standard InChI is InChI=1S/C12H10BrNO4/c1-5-3-7(13)4-8-9(5)14(6(2)12(17)18)11(16)10(8)15/h3-4,6H,1-2H3,(H,17,18). The van der Waals surface area contributed by atoms with Gasteiger partial charge in [0.15, 0.2) is 0 Å². The number of anilines is 1. The van der Waals surface area contributed by atoms with Crippen LogP contribution >= 0.6 is 15.9 Å². The predicted molar refractivity (Wildman–Crippen MR) is 67.8 cm³/mol. The van der Waals surface area contributed by atoms with Crippen molar-refractivity contribution in [2.24, 2.45) is 0 Å². The second-order valence-corrected chi connectivity index (χ2v) is 5.05. The van der Waals surface area contributed by atoms with Crippen LogP contribution in [0.1, 0.15) is 22.8 Å². The van der Waals surface area contributed by atoms with Crippen LogP contribution in [0.2, 0.25) is 0 Å². The van der Waals surface area contributed by atoms with E-state index in [1.54, 1.807) is 13.0 Å². The van der Waals surface area contributed by atoms with E-state index in [1.165, 1.54) is 13.0 Å². The highest BCUT2D eigenvalue weighted by Crippen LogP contribution is 2.36. The quantitative estimate of drug-likeness (QED) is 0.845. The lowest BCUT2D eigenvalue weighted by Crippen LogP contribution is -2.42. The van der Waals surface area contributed by atoms with Crippen LogP contribution in [0, 0.1) is 6.92 Å². The average molecular weight is 312 g/mol. The van der Waals surface area contributed by atoms with E-state index in [0.29, 0.717) is 15.7 Å². The van der Waals surface area contributed by atoms with Gasteiger partial charge in [-0.2, -0.15) is 0 Å². The molecule has 0 aromatic heterocycles. The highest BCUT2D eigenvalue weighted by Gasteiger charge is 2.41. The Hall–Kier alpha value is -1.69. The first-order valence-electron chi connectivity index (χ1n) is 5.25. The van der Waals surface area contributed by atoms with Crippen molar-refractivity contribution in [2.75, 3.05) is 4.90 Å². The summed E-state index contributed by atoms with van der Waals surface area (Å²) in [6.45, 7) is 3.11. The van der Waals surface area contributed by atoms with Crippen molar-refractivity contribution in [1.82, 2.24) is 0 Å². The Morgan fingerprint density at radius 3 is 2.56 bits per heavy atom. The maximum absolute atomic E-state index is 11.9. The molecule has 1 aromatic carbocycles. The van der Waals surface area contributed by atoms with Gasteiger partial charge in [0, 0.05) is 4.47 Å². The molecule has 0 saturated carbocycles. The second kappa shape index (κ2) is 4.20. The van der Waals surface area contributed by atoms with Crippen molar-refractivity contribution in [3.63, 3.8) is 0 Å². The molecule has 18 heavy (non-hydrogen) atoms. The number of rotatable bonds is 2. The summed E-state index contributed by atoms with van der Waals surface area (Å²) in [5, 5.41) is 9.00. The Kier molecular flexibility index (Phi) is 2.98. The molecule has 0 bridgehead atoms. The van der Waals surface area contributed by atoms with E-state index in [4.69, 9.17) is 5.11 Å². The molecule has 1 atom stereocenters. The summed E-state index contributed by atoms with van der Waals surface area (Å²) in [5.41, 5.74) is 1.33. The third-order valence-electron chi connectivity index (χ3n) is 2.91. The third-order valence-corrected chi connectivity index (χ3v) is 3.37. The maximum atomic E-state index is 11.9. The molecule has 0 radical (unpaired) electrons. The SMILES string of the molecule is Cc1cc(Br)cc2c1N(C(C)C(=O)O)C(=O)C2=O. The van der Waals surface area contributed by atoms with Crippen LogP contribution in [-0.4, -0.2) is 28.8 Å². The zero-order chi connectivity index (χ0) is 13.6. The molecule has 94 valence electrons. The van der Waals surface area contributed by atoms with E-state index in [-0.39, 0.29) is 5.56 Å². The number of hydrogen-bond donors (Lipinski definition) is 1. The van der Waals surface area contributed by atoms with Crippen molar-refractivity contribution in [1.29, 1.82) is 0 Å². The highest BCUT2D eigenvalue weighted by atomic mass is 79.9. The second-order valence-electron chi connectivity index (χ2n) is 4.14. The Balaban J connectivity index is 2.65. The summed E-state index contributed by atoms with van der Waals surface area (Å²) in [6.07, 6.45) is 0. The van der Waals surface area contributed by atoms with Gasteiger partial charge in [-0.25, -0.2) is 4.79 Å². The number of nitrogens with zero attached hydrogens (tertiary/aromatic N) is 1.